The Morgan fingerprint density at radius 2 is 2.22 bits per heavy atom. The minimum Gasteiger partial charge on any atom is -0.376 e. The molecule has 0 bridgehead atoms. The fourth-order valence-electron chi connectivity index (χ4n) is 3.54. The number of nitrogens with zero attached hydrogens (tertiary/aromatic N) is 2. The standard InChI is InChI=1S/C16H24N4O3/c1-9-6-20-7-12(4-13(20)8-23-9)19-15(21)5-14-10(2)17-11(3)18-16(14)22/h9,12-13H,4-8H2,1-3H3,(H,19,21)(H,17,18,22)/t9-,12+,13-/m0/s1. The van der Waals surface area contributed by atoms with Crippen molar-refractivity contribution >= 4 is 5.91 Å². The predicted octanol–water partition coefficient (Wildman–Crippen LogP) is -0.0930. The number of hydrogen-bond donors (Lipinski definition) is 2. The summed E-state index contributed by atoms with van der Waals surface area (Å²) >= 11 is 0. The molecule has 1 aromatic rings. The number of morpholine rings is 1. The zero-order chi connectivity index (χ0) is 16.6. The van der Waals surface area contributed by atoms with E-state index in [4.69, 9.17) is 4.74 Å². The van der Waals surface area contributed by atoms with E-state index in [9.17, 15) is 9.59 Å². The maximum absolute atomic E-state index is 12.3. The molecule has 1 aromatic heterocycles. The van der Waals surface area contributed by atoms with Gasteiger partial charge in [-0.2, -0.15) is 0 Å². The fraction of sp³-hybridized carbons (Fsp3) is 0.688. The van der Waals surface area contributed by atoms with Gasteiger partial charge in [-0.05, 0) is 27.2 Å². The molecule has 0 radical (unpaired) electrons. The number of carbonyl (C=O) groups excluding carboxylic acids is 1. The lowest BCUT2D eigenvalue weighted by Crippen LogP contribution is -2.45. The normalized spacial score (nSPS) is 27.7. The van der Waals surface area contributed by atoms with Crippen molar-refractivity contribution < 1.29 is 9.53 Å². The first-order chi connectivity index (χ1) is 10.9. The molecule has 7 nitrogen and oxygen atoms in total. The van der Waals surface area contributed by atoms with E-state index in [1.807, 2.05) is 0 Å². The highest BCUT2D eigenvalue weighted by Gasteiger charge is 2.36. The summed E-state index contributed by atoms with van der Waals surface area (Å²) in [5.74, 6) is 0.446. The van der Waals surface area contributed by atoms with E-state index in [-0.39, 0.29) is 30.0 Å². The van der Waals surface area contributed by atoms with Gasteiger partial charge in [-0.15, -0.1) is 0 Å². The van der Waals surface area contributed by atoms with Crippen LogP contribution in [0.1, 0.15) is 30.4 Å². The Hall–Kier alpha value is -1.73. The van der Waals surface area contributed by atoms with Gasteiger partial charge in [0.2, 0.25) is 5.91 Å². The summed E-state index contributed by atoms with van der Waals surface area (Å²) in [6.45, 7) is 8.06. The summed E-state index contributed by atoms with van der Waals surface area (Å²) in [6, 6.07) is 0.516. The van der Waals surface area contributed by atoms with Crippen LogP contribution in [0.3, 0.4) is 0 Å². The van der Waals surface area contributed by atoms with Gasteiger partial charge in [-0.25, -0.2) is 4.98 Å². The van der Waals surface area contributed by atoms with Gasteiger partial charge in [0.25, 0.3) is 5.56 Å². The molecule has 126 valence electrons. The Kier molecular flexibility index (Phi) is 4.50. The van der Waals surface area contributed by atoms with Crippen molar-refractivity contribution in [2.45, 2.75) is 51.8 Å². The maximum atomic E-state index is 12.3. The summed E-state index contributed by atoms with van der Waals surface area (Å²) in [7, 11) is 0. The molecule has 23 heavy (non-hydrogen) atoms. The highest BCUT2D eigenvalue weighted by Crippen LogP contribution is 2.23. The van der Waals surface area contributed by atoms with Gasteiger partial charge in [-0.3, -0.25) is 14.5 Å². The average molecular weight is 320 g/mol. The van der Waals surface area contributed by atoms with E-state index in [2.05, 4.69) is 27.1 Å². The smallest absolute Gasteiger partial charge is 0.254 e. The fourth-order valence-corrected chi connectivity index (χ4v) is 3.54. The second-order valence-corrected chi connectivity index (χ2v) is 6.64. The number of H-pyrrole nitrogens is 1. The van der Waals surface area contributed by atoms with Crippen LogP contribution in [0, 0.1) is 13.8 Å². The Morgan fingerprint density at radius 3 is 2.96 bits per heavy atom. The van der Waals surface area contributed by atoms with E-state index in [0.29, 0.717) is 23.1 Å². The number of hydrogen-bond acceptors (Lipinski definition) is 5. The minimum atomic E-state index is -0.226. The molecule has 0 spiro atoms. The van der Waals surface area contributed by atoms with Crippen molar-refractivity contribution in [3.8, 4) is 0 Å². The summed E-state index contributed by atoms with van der Waals surface area (Å²) in [6.07, 6.45) is 1.23. The van der Waals surface area contributed by atoms with E-state index in [1.165, 1.54) is 0 Å². The Bertz CT molecular complexity index is 657. The van der Waals surface area contributed by atoms with Crippen molar-refractivity contribution in [2.24, 2.45) is 0 Å². The van der Waals surface area contributed by atoms with Crippen molar-refractivity contribution in [3.63, 3.8) is 0 Å². The van der Waals surface area contributed by atoms with Crippen LogP contribution in [0.5, 0.6) is 0 Å². The van der Waals surface area contributed by atoms with Crippen molar-refractivity contribution in [2.75, 3.05) is 19.7 Å². The van der Waals surface area contributed by atoms with Crippen molar-refractivity contribution in [3.05, 3.63) is 27.4 Å². The molecule has 0 aromatic carbocycles. The second kappa shape index (κ2) is 6.41. The predicted molar refractivity (Wildman–Crippen MR) is 85.4 cm³/mol. The van der Waals surface area contributed by atoms with Crippen LogP contribution in [0.2, 0.25) is 0 Å². The molecule has 2 aliphatic rings. The van der Waals surface area contributed by atoms with Crippen LogP contribution < -0.4 is 10.9 Å². The highest BCUT2D eigenvalue weighted by molar-refractivity contribution is 5.79. The number of aromatic nitrogens is 2. The highest BCUT2D eigenvalue weighted by atomic mass is 16.5. The molecule has 0 saturated carbocycles. The molecular weight excluding hydrogens is 296 g/mol. The Labute approximate surface area is 135 Å². The zero-order valence-electron chi connectivity index (χ0n) is 13.9. The van der Waals surface area contributed by atoms with E-state index < -0.39 is 0 Å². The van der Waals surface area contributed by atoms with Gasteiger partial charge in [0, 0.05) is 36.4 Å². The lowest BCUT2D eigenvalue weighted by molar-refractivity contribution is -0.121. The van der Waals surface area contributed by atoms with Crippen LogP contribution in [0.15, 0.2) is 4.79 Å². The lowest BCUT2D eigenvalue weighted by Gasteiger charge is -2.33. The summed E-state index contributed by atoms with van der Waals surface area (Å²) in [5.41, 5.74) is 0.837. The molecule has 3 atom stereocenters. The first-order valence-electron chi connectivity index (χ1n) is 8.13. The number of rotatable bonds is 3. The molecule has 2 N–H and O–H groups in total. The van der Waals surface area contributed by atoms with Crippen LogP contribution in [-0.2, 0) is 16.0 Å². The Morgan fingerprint density at radius 1 is 1.43 bits per heavy atom. The third-order valence-electron chi connectivity index (χ3n) is 4.64. The number of aryl methyl sites for hydroxylation is 2. The molecule has 2 aliphatic heterocycles. The molecular formula is C16H24N4O3. The van der Waals surface area contributed by atoms with Gasteiger partial charge in [0.05, 0.1) is 19.1 Å². The van der Waals surface area contributed by atoms with Gasteiger partial charge in [-0.1, -0.05) is 0 Å². The molecule has 0 unspecified atom stereocenters. The molecule has 0 aliphatic carbocycles. The first-order valence-corrected chi connectivity index (χ1v) is 8.13. The van der Waals surface area contributed by atoms with E-state index in [1.54, 1.807) is 13.8 Å². The molecule has 3 rings (SSSR count). The maximum Gasteiger partial charge on any atom is 0.254 e. The summed E-state index contributed by atoms with van der Waals surface area (Å²) < 4.78 is 5.68. The Balaban J connectivity index is 1.59. The second-order valence-electron chi connectivity index (χ2n) is 6.64. The summed E-state index contributed by atoms with van der Waals surface area (Å²) in [4.78, 5) is 33.5. The van der Waals surface area contributed by atoms with Crippen LogP contribution in [0.4, 0.5) is 0 Å². The van der Waals surface area contributed by atoms with Gasteiger partial charge >= 0.3 is 0 Å². The topological polar surface area (TPSA) is 87.3 Å². The molecule has 3 heterocycles. The number of carbonyl (C=O) groups is 1. The van der Waals surface area contributed by atoms with Crippen molar-refractivity contribution in [1.29, 1.82) is 0 Å². The lowest BCUT2D eigenvalue weighted by atomic mass is 10.1. The monoisotopic (exact) mass is 320 g/mol. The van der Waals surface area contributed by atoms with E-state index >= 15 is 0 Å². The van der Waals surface area contributed by atoms with Crippen LogP contribution in [0.25, 0.3) is 0 Å². The summed E-state index contributed by atoms with van der Waals surface area (Å²) in [5, 5.41) is 3.05. The third-order valence-corrected chi connectivity index (χ3v) is 4.64. The third kappa shape index (κ3) is 3.61. The quantitative estimate of drug-likeness (QED) is 0.812. The van der Waals surface area contributed by atoms with Crippen LogP contribution >= 0.6 is 0 Å². The molecule has 1 amide bonds. The SMILES string of the molecule is Cc1nc(C)c(CC(=O)N[C@@H]2C[C@H]3CO[C@@H](C)CN3C2)c(=O)[nH]1. The van der Waals surface area contributed by atoms with Gasteiger partial charge in [0.15, 0.2) is 0 Å². The molecule has 2 saturated heterocycles. The zero-order valence-corrected chi connectivity index (χ0v) is 13.9. The van der Waals surface area contributed by atoms with E-state index in [0.717, 1.165) is 26.1 Å². The largest absolute Gasteiger partial charge is 0.376 e. The number of fused-ring (bicyclic) bond motifs is 1. The molecule has 7 heteroatoms. The minimum absolute atomic E-state index is 0.0719. The molecule has 2 fully saturated rings. The van der Waals surface area contributed by atoms with Gasteiger partial charge in [0.1, 0.15) is 5.82 Å². The van der Waals surface area contributed by atoms with Gasteiger partial charge < -0.3 is 15.0 Å². The van der Waals surface area contributed by atoms with Crippen molar-refractivity contribution in [1.82, 2.24) is 20.2 Å². The number of aromatic amines is 1. The number of nitrogens with one attached hydrogen (secondary N) is 2. The number of amides is 1. The number of ether oxygens (including phenoxy) is 1. The average Bonchev–Trinajstić information content (AvgIpc) is 2.84. The van der Waals surface area contributed by atoms with Crippen LogP contribution in [-0.4, -0.2) is 58.7 Å². The first kappa shape index (κ1) is 16.1.